The maximum absolute atomic E-state index is 12.3. The predicted octanol–water partition coefficient (Wildman–Crippen LogP) is 2.52. The van der Waals surface area contributed by atoms with E-state index >= 15 is 0 Å². The summed E-state index contributed by atoms with van der Waals surface area (Å²) in [6.45, 7) is 2.69. The Morgan fingerprint density at radius 2 is 2.09 bits per heavy atom. The second-order valence-corrected chi connectivity index (χ2v) is 7.90. The van der Waals surface area contributed by atoms with Crippen LogP contribution in [0.2, 0.25) is 0 Å². The van der Waals surface area contributed by atoms with Crippen LogP contribution in [0.3, 0.4) is 0 Å². The van der Waals surface area contributed by atoms with Crippen LogP contribution in [-0.4, -0.2) is 52.8 Å². The molecule has 0 unspecified atom stereocenters. The molecule has 1 amide bonds. The molecule has 4 rings (SSSR count). The highest BCUT2D eigenvalue weighted by Gasteiger charge is 2.22. The Balaban J connectivity index is 1.54. The Bertz CT molecular complexity index is 725. The molecule has 0 N–H and O–H groups in total. The minimum Gasteiger partial charge on any atom is -0.378 e. The number of ether oxygens (including phenoxy) is 1. The van der Waals surface area contributed by atoms with E-state index in [0.717, 1.165) is 22.7 Å². The van der Waals surface area contributed by atoms with Gasteiger partial charge in [0.2, 0.25) is 5.91 Å². The number of fused-ring (bicyclic) bond motifs is 3. The minimum absolute atomic E-state index is 0.175. The number of aryl methyl sites for hydroxylation is 2. The van der Waals surface area contributed by atoms with Gasteiger partial charge in [0.25, 0.3) is 0 Å². The van der Waals surface area contributed by atoms with Crippen LogP contribution < -0.4 is 0 Å². The number of carbonyl (C=O) groups excluding carboxylic acids is 1. The Hall–Kier alpha value is -1.18. The average molecular weight is 349 g/mol. The number of thioether (sulfide) groups is 1. The van der Waals surface area contributed by atoms with Crippen molar-refractivity contribution in [2.75, 3.05) is 32.1 Å². The molecule has 0 saturated carbocycles. The number of carbonyl (C=O) groups is 1. The van der Waals surface area contributed by atoms with Gasteiger partial charge in [-0.2, -0.15) is 0 Å². The molecule has 122 valence electrons. The predicted molar refractivity (Wildman–Crippen MR) is 92.2 cm³/mol. The molecular formula is C16H19N3O2S2. The molecule has 0 spiro atoms. The molecule has 0 aromatic carbocycles. The highest BCUT2D eigenvalue weighted by atomic mass is 32.2. The van der Waals surface area contributed by atoms with E-state index in [4.69, 9.17) is 4.74 Å². The van der Waals surface area contributed by atoms with Gasteiger partial charge < -0.3 is 9.64 Å². The first kappa shape index (κ1) is 15.4. The molecule has 1 aliphatic heterocycles. The van der Waals surface area contributed by atoms with Crippen molar-refractivity contribution in [1.82, 2.24) is 14.9 Å². The third kappa shape index (κ3) is 3.09. The number of rotatable bonds is 3. The lowest BCUT2D eigenvalue weighted by atomic mass is 9.97. The molecule has 0 atom stereocenters. The zero-order chi connectivity index (χ0) is 15.6. The van der Waals surface area contributed by atoms with Gasteiger partial charge >= 0.3 is 0 Å². The molecule has 1 saturated heterocycles. The molecule has 0 bridgehead atoms. The number of amides is 1. The smallest absolute Gasteiger partial charge is 0.233 e. The van der Waals surface area contributed by atoms with Crippen molar-refractivity contribution >= 4 is 39.2 Å². The summed E-state index contributed by atoms with van der Waals surface area (Å²) in [7, 11) is 0. The third-order valence-corrected chi connectivity index (χ3v) is 6.59. The normalized spacial score (nSPS) is 18.2. The SMILES string of the molecule is O=C(CSc1ncnc2sc3c(c12)CCCC3)N1CCOCC1. The van der Waals surface area contributed by atoms with Crippen molar-refractivity contribution in [2.24, 2.45) is 0 Å². The summed E-state index contributed by atoms with van der Waals surface area (Å²) in [5, 5.41) is 2.17. The first-order valence-electron chi connectivity index (χ1n) is 8.06. The van der Waals surface area contributed by atoms with Crippen molar-refractivity contribution in [3.63, 3.8) is 0 Å². The summed E-state index contributed by atoms with van der Waals surface area (Å²) in [4.78, 5) is 25.7. The standard InChI is InChI=1S/C16H19N3O2S2/c20-13(19-5-7-21-8-6-19)9-22-15-14-11-3-1-2-4-12(11)23-16(14)18-10-17-15/h10H,1-9H2. The largest absolute Gasteiger partial charge is 0.378 e. The van der Waals surface area contributed by atoms with Crippen LogP contribution >= 0.6 is 23.1 Å². The monoisotopic (exact) mass is 349 g/mol. The summed E-state index contributed by atoms with van der Waals surface area (Å²) >= 11 is 3.35. The number of hydrogen-bond acceptors (Lipinski definition) is 6. The van der Waals surface area contributed by atoms with Gasteiger partial charge in [0, 0.05) is 23.4 Å². The lowest BCUT2D eigenvalue weighted by molar-refractivity contribution is -0.132. The zero-order valence-electron chi connectivity index (χ0n) is 12.9. The first-order chi connectivity index (χ1) is 11.3. The van der Waals surface area contributed by atoms with E-state index in [0.29, 0.717) is 32.1 Å². The van der Waals surface area contributed by atoms with Crippen molar-refractivity contribution in [1.29, 1.82) is 0 Å². The van der Waals surface area contributed by atoms with E-state index in [9.17, 15) is 4.79 Å². The first-order valence-corrected chi connectivity index (χ1v) is 9.86. The second kappa shape index (κ2) is 6.75. The van der Waals surface area contributed by atoms with Crippen LogP contribution in [-0.2, 0) is 22.4 Å². The number of aromatic nitrogens is 2. The van der Waals surface area contributed by atoms with E-state index in [-0.39, 0.29) is 5.91 Å². The number of morpholine rings is 1. The highest BCUT2D eigenvalue weighted by molar-refractivity contribution is 8.00. The van der Waals surface area contributed by atoms with Crippen molar-refractivity contribution in [2.45, 2.75) is 30.7 Å². The Morgan fingerprint density at radius 3 is 2.96 bits per heavy atom. The molecule has 1 aliphatic carbocycles. The highest BCUT2D eigenvalue weighted by Crippen LogP contribution is 2.39. The molecule has 5 nitrogen and oxygen atoms in total. The van der Waals surface area contributed by atoms with Gasteiger partial charge in [-0.25, -0.2) is 9.97 Å². The number of thiophene rings is 1. The quantitative estimate of drug-likeness (QED) is 0.629. The Morgan fingerprint density at radius 1 is 1.26 bits per heavy atom. The van der Waals surface area contributed by atoms with E-state index in [2.05, 4.69) is 9.97 Å². The van der Waals surface area contributed by atoms with E-state index in [1.807, 2.05) is 4.90 Å². The molecule has 3 heterocycles. The summed E-state index contributed by atoms with van der Waals surface area (Å²) in [5.74, 6) is 0.616. The Kier molecular flexibility index (Phi) is 4.50. The molecule has 7 heteroatoms. The van der Waals surface area contributed by atoms with E-state index < -0.39 is 0 Å². The van der Waals surface area contributed by atoms with Gasteiger partial charge in [0.15, 0.2) is 0 Å². The van der Waals surface area contributed by atoms with Gasteiger partial charge in [0.05, 0.1) is 19.0 Å². The number of hydrogen-bond donors (Lipinski definition) is 0. The van der Waals surface area contributed by atoms with E-state index in [1.54, 1.807) is 29.4 Å². The van der Waals surface area contributed by atoms with Crippen LogP contribution in [0.4, 0.5) is 0 Å². The van der Waals surface area contributed by atoms with Crippen LogP contribution in [0.5, 0.6) is 0 Å². The topological polar surface area (TPSA) is 55.3 Å². The van der Waals surface area contributed by atoms with Crippen molar-refractivity contribution in [3.8, 4) is 0 Å². The lowest BCUT2D eigenvalue weighted by Crippen LogP contribution is -2.41. The van der Waals surface area contributed by atoms with Crippen LogP contribution in [0.25, 0.3) is 10.2 Å². The number of nitrogens with zero attached hydrogens (tertiary/aromatic N) is 3. The fraction of sp³-hybridized carbons (Fsp3) is 0.562. The summed E-state index contributed by atoms with van der Waals surface area (Å²) in [6, 6.07) is 0. The maximum atomic E-state index is 12.3. The van der Waals surface area contributed by atoms with Gasteiger partial charge in [-0.3, -0.25) is 4.79 Å². The van der Waals surface area contributed by atoms with Crippen molar-refractivity contribution < 1.29 is 9.53 Å². The molecule has 2 aliphatic rings. The average Bonchev–Trinajstić information content (AvgIpc) is 2.99. The minimum atomic E-state index is 0.175. The maximum Gasteiger partial charge on any atom is 0.233 e. The lowest BCUT2D eigenvalue weighted by Gasteiger charge is -2.26. The summed E-state index contributed by atoms with van der Waals surface area (Å²) < 4.78 is 5.30. The van der Waals surface area contributed by atoms with Crippen LogP contribution in [0.1, 0.15) is 23.3 Å². The van der Waals surface area contributed by atoms with Gasteiger partial charge in [-0.1, -0.05) is 11.8 Å². The van der Waals surface area contributed by atoms with Gasteiger partial charge in [-0.15, -0.1) is 11.3 Å². The zero-order valence-corrected chi connectivity index (χ0v) is 14.5. The second-order valence-electron chi connectivity index (χ2n) is 5.85. The van der Waals surface area contributed by atoms with Crippen LogP contribution in [0.15, 0.2) is 11.4 Å². The summed E-state index contributed by atoms with van der Waals surface area (Å²) in [6.07, 6.45) is 6.42. The fourth-order valence-corrected chi connectivity index (χ4v) is 5.43. The molecule has 23 heavy (non-hydrogen) atoms. The Labute approximate surface area is 143 Å². The third-order valence-electron chi connectivity index (χ3n) is 4.41. The van der Waals surface area contributed by atoms with Gasteiger partial charge in [-0.05, 0) is 31.2 Å². The summed E-state index contributed by atoms with van der Waals surface area (Å²) in [5.41, 5.74) is 1.43. The van der Waals surface area contributed by atoms with Gasteiger partial charge in [0.1, 0.15) is 16.2 Å². The van der Waals surface area contributed by atoms with E-state index in [1.165, 1.54) is 28.7 Å². The molecule has 1 fully saturated rings. The molecule has 0 radical (unpaired) electrons. The molecule has 2 aromatic rings. The van der Waals surface area contributed by atoms with Crippen LogP contribution in [0, 0.1) is 0 Å². The molecular weight excluding hydrogens is 330 g/mol. The fourth-order valence-electron chi connectivity index (χ4n) is 3.20. The molecule has 2 aromatic heterocycles. The van der Waals surface area contributed by atoms with Crippen molar-refractivity contribution in [3.05, 3.63) is 16.8 Å².